The Hall–Kier alpha value is -1.37. The molecule has 1 unspecified atom stereocenters. The highest BCUT2D eigenvalue weighted by Crippen LogP contribution is 2.25. The Bertz CT molecular complexity index is 409. The van der Waals surface area contributed by atoms with Gasteiger partial charge in [-0.25, -0.2) is 9.97 Å². The van der Waals surface area contributed by atoms with Crippen LogP contribution in [0.25, 0.3) is 0 Å². The van der Waals surface area contributed by atoms with Crippen molar-refractivity contribution in [3.63, 3.8) is 0 Å². The summed E-state index contributed by atoms with van der Waals surface area (Å²) in [6, 6.07) is 1.02. The van der Waals surface area contributed by atoms with Gasteiger partial charge < -0.3 is 10.5 Å². The van der Waals surface area contributed by atoms with E-state index in [1.54, 1.807) is 0 Å². The third-order valence-corrected chi connectivity index (χ3v) is 2.53. The molecule has 2 N–H and O–H groups in total. The van der Waals surface area contributed by atoms with E-state index in [0.29, 0.717) is 18.0 Å². The minimum absolute atomic E-state index is 0.117. The molecule has 4 nitrogen and oxygen atoms in total. The minimum atomic E-state index is -4.43. The molecule has 0 spiro atoms. The van der Waals surface area contributed by atoms with E-state index in [9.17, 15) is 13.2 Å². The maximum Gasteiger partial charge on any atom is 0.425 e. The van der Waals surface area contributed by atoms with Crippen molar-refractivity contribution in [2.45, 2.75) is 45.5 Å². The van der Waals surface area contributed by atoms with Gasteiger partial charge in [0.15, 0.2) is 6.10 Å². The molecule has 2 atom stereocenters. The first-order valence-electron chi connectivity index (χ1n) is 6.01. The molecule has 7 heteroatoms. The SMILES string of the molecule is CC(C)CC(N)c1cc(O[C@H](C)C(F)(F)F)ncn1. The van der Waals surface area contributed by atoms with Gasteiger partial charge >= 0.3 is 6.18 Å². The van der Waals surface area contributed by atoms with Gasteiger partial charge in [0.05, 0.1) is 5.69 Å². The number of nitrogens with two attached hydrogens (primary N) is 1. The van der Waals surface area contributed by atoms with Gasteiger partial charge in [0.2, 0.25) is 5.88 Å². The van der Waals surface area contributed by atoms with Crippen molar-refractivity contribution >= 4 is 0 Å². The lowest BCUT2D eigenvalue weighted by molar-refractivity contribution is -0.190. The molecule has 0 bridgehead atoms. The summed E-state index contributed by atoms with van der Waals surface area (Å²) in [6.45, 7) is 4.93. The lowest BCUT2D eigenvalue weighted by atomic mass is 10.0. The molecule has 0 aliphatic heterocycles. The van der Waals surface area contributed by atoms with Crippen LogP contribution in [-0.2, 0) is 0 Å². The number of halogens is 3. The Balaban J connectivity index is 2.77. The van der Waals surface area contributed by atoms with Crippen LogP contribution in [0.5, 0.6) is 5.88 Å². The molecule has 1 aromatic heterocycles. The number of ether oxygens (including phenoxy) is 1. The number of hydrogen-bond donors (Lipinski definition) is 1. The predicted octanol–water partition coefficient (Wildman–Crippen LogP) is 2.85. The van der Waals surface area contributed by atoms with Gasteiger partial charge in [-0.05, 0) is 19.3 Å². The second kappa shape index (κ2) is 6.18. The molecule has 0 radical (unpaired) electrons. The van der Waals surface area contributed by atoms with Crippen LogP contribution in [0.3, 0.4) is 0 Å². The summed E-state index contributed by atoms with van der Waals surface area (Å²) in [7, 11) is 0. The fourth-order valence-electron chi connectivity index (χ4n) is 1.50. The number of aromatic nitrogens is 2. The summed E-state index contributed by atoms with van der Waals surface area (Å²) in [5.74, 6) is 0.248. The van der Waals surface area contributed by atoms with Gasteiger partial charge in [0, 0.05) is 12.1 Å². The highest BCUT2D eigenvalue weighted by atomic mass is 19.4. The van der Waals surface area contributed by atoms with Gasteiger partial charge in [-0.3, -0.25) is 0 Å². The zero-order chi connectivity index (χ0) is 14.6. The third kappa shape index (κ3) is 5.02. The van der Waals surface area contributed by atoms with Crippen molar-refractivity contribution in [3.8, 4) is 5.88 Å². The Morgan fingerprint density at radius 1 is 1.26 bits per heavy atom. The Morgan fingerprint density at radius 2 is 1.89 bits per heavy atom. The van der Waals surface area contributed by atoms with Gasteiger partial charge in [-0.15, -0.1) is 0 Å². The molecule has 1 rings (SSSR count). The van der Waals surface area contributed by atoms with Crippen LogP contribution in [0.15, 0.2) is 12.4 Å². The normalized spacial score (nSPS) is 15.4. The molecule has 0 aliphatic rings. The van der Waals surface area contributed by atoms with Gasteiger partial charge in [0.25, 0.3) is 0 Å². The molecule has 0 amide bonds. The van der Waals surface area contributed by atoms with Gasteiger partial charge in [-0.2, -0.15) is 13.2 Å². The molecule has 108 valence electrons. The van der Waals surface area contributed by atoms with Crippen LogP contribution in [0.1, 0.15) is 38.9 Å². The van der Waals surface area contributed by atoms with Crippen LogP contribution in [0.4, 0.5) is 13.2 Å². The quantitative estimate of drug-likeness (QED) is 0.899. The summed E-state index contributed by atoms with van der Waals surface area (Å²) in [5.41, 5.74) is 6.39. The molecule has 0 aromatic carbocycles. The summed E-state index contributed by atoms with van der Waals surface area (Å²) in [4.78, 5) is 7.63. The average Bonchev–Trinajstić information content (AvgIpc) is 2.27. The minimum Gasteiger partial charge on any atom is -0.465 e. The molecule has 0 fully saturated rings. The Morgan fingerprint density at radius 3 is 2.42 bits per heavy atom. The van der Waals surface area contributed by atoms with Crippen molar-refractivity contribution in [1.82, 2.24) is 9.97 Å². The van der Waals surface area contributed by atoms with E-state index in [1.165, 1.54) is 6.07 Å². The highest BCUT2D eigenvalue weighted by Gasteiger charge is 2.38. The fourth-order valence-corrected chi connectivity index (χ4v) is 1.50. The molecule has 0 aliphatic carbocycles. The van der Waals surface area contributed by atoms with Crippen LogP contribution in [-0.4, -0.2) is 22.2 Å². The summed E-state index contributed by atoms with van der Waals surface area (Å²) in [6.07, 6.45) is -4.50. The zero-order valence-corrected chi connectivity index (χ0v) is 11.1. The first-order valence-corrected chi connectivity index (χ1v) is 6.01. The second-order valence-corrected chi connectivity index (χ2v) is 4.82. The molecule has 0 saturated heterocycles. The monoisotopic (exact) mass is 277 g/mol. The lowest BCUT2D eigenvalue weighted by Crippen LogP contribution is -2.31. The highest BCUT2D eigenvalue weighted by molar-refractivity contribution is 5.16. The number of alkyl halides is 3. The number of hydrogen-bond acceptors (Lipinski definition) is 4. The van der Waals surface area contributed by atoms with Crippen molar-refractivity contribution in [2.75, 3.05) is 0 Å². The van der Waals surface area contributed by atoms with Gasteiger partial charge in [0.1, 0.15) is 6.33 Å². The largest absolute Gasteiger partial charge is 0.465 e. The molecule has 1 aromatic rings. The summed E-state index contributed by atoms with van der Waals surface area (Å²) >= 11 is 0. The van der Waals surface area contributed by atoms with Crippen LogP contribution >= 0.6 is 0 Å². The Labute approximate surface area is 110 Å². The second-order valence-electron chi connectivity index (χ2n) is 4.82. The maximum absolute atomic E-state index is 12.4. The first-order chi connectivity index (χ1) is 8.70. The number of nitrogens with zero attached hydrogens (tertiary/aromatic N) is 2. The van der Waals surface area contributed by atoms with E-state index < -0.39 is 12.3 Å². The molecular weight excluding hydrogens is 259 g/mol. The lowest BCUT2D eigenvalue weighted by Gasteiger charge is -2.18. The van der Waals surface area contributed by atoms with E-state index >= 15 is 0 Å². The molecule has 1 heterocycles. The average molecular weight is 277 g/mol. The Kier molecular flexibility index (Phi) is 5.11. The standard InChI is InChI=1S/C12H18F3N3O/c1-7(2)4-9(16)10-5-11(18-6-17-10)19-8(3)12(13,14)15/h5-9H,4,16H2,1-3H3/t8-,9?/m1/s1. The van der Waals surface area contributed by atoms with E-state index in [0.717, 1.165) is 13.3 Å². The zero-order valence-electron chi connectivity index (χ0n) is 11.1. The summed E-state index contributed by atoms with van der Waals surface area (Å²) < 4.78 is 41.9. The third-order valence-electron chi connectivity index (χ3n) is 2.53. The smallest absolute Gasteiger partial charge is 0.425 e. The summed E-state index contributed by atoms with van der Waals surface area (Å²) in [5, 5.41) is 0. The topological polar surface area (TPSA) is 61.0 Å². The van der Waals surface area contributed by atoms with Crippen molar-refractivity contribution in [1.29, 1.82) is 0 Å². The molecular formula is C12H18F3N3O. The van der Waals surface area contributed by atoms with Crippen molar-refractivity contribution in [3.05, 3.63) is 18.1 Å². The van der Waals surface area contributed by atoms with Crippen LogP contribution in [0, 0.1) is 5.92 Å². The number of rotatable bonds is 5. The van der Waals surface area contributed by atoms with Crippen LogP contribution in [0.2, 0.25) is 0 Å². The predicted molar refractivity (Wildman–Crippen MR) is 64.6 cm³/mol. The molecule has 0 saturated carbocycles. The van der Waals surface area contributed by atoms with E-state index in [1.807, 2.05) is 13.8 Å². The first kappa shape index (κ1) is 15.7. The van der Waals surface area contributed by atoms with E-state index in [-0.39, 0.29) is 11.9 Å². The van der Waals surface area contributed by atoms with Crippen LogP contribution < -0.4 is 10.5 Å². The van der Waals surface area contributed by atoms with E-state index in [2.05, 4.69) is 9.97 Å². The fraction of sp³-hybridized carbons (Fsp3) is 0.667. The van der Waals surface area contributed by atoms with Crippen molar-refractivity contribution in [2.24, 2.45) is 11.7 Å². The van der Waals surface area contributed by atoms with Crippen molar-refractivity contribution < 1.29 is 17.9 Å². The molecule has 19 heavy (non-hydrogen) atoms. The van der Waals surface area contributed by atoms with E-state index in [4.69, 9.17) is 10.5 Å². The van der Waals surface area contributed by atoms with Gasteiger partial charge in [-0.1, -0.05) is 13.8 Å². The maximum atomic E-state index is 12.4.